The maximum absolute atomic E-state index is 12.2. The first-order chi connectivity index (χ1) is 12.0. The minimum atomic E-state index is -0.473. The van der Waals surface area contributed by atoms with E-state index in [1.807, 2.05) is 26.0 Å². The van der Waals surface area contributed by atoms with Crippen LogP contribution in [0.2, 0.25) is 0 Å². The molecule has 0 radical (unpaired) electrons. The highest BCUT2D eigenvalue weighted by Crippen LogP contribution is 2.36. The van der Waals surface area contributed by atoms with Gasteiger partial charge in [0.1, 0.15) is 12.4 Å². The Kier molecular flexibility index (Phi) is 4.57. The molecule has 0 spiro atoms. The first-order valence-corrected chi connectivity index (χ1v) is 8.07. The molecule has 0 aromatic heterocycles. The van der Waals surface area contributed by atoms with Gasteiger partial charge in [-0.25, -0.2) is 0 Å². The van der Waals surface area contributed by atoms with Crippen molar-refractivity contribution in [2.45, 2.75) is 19.9 Å². The molecule has 0 fully saturated rings. The lowest BCUT2D eigenvalue weighted by atomic mass is 10.0. The number of carbonyl (C=O) groups excluding carboxylic acids is 2. The lowest BCUT2D eigenvalue weighted by Gasteiger charge is -2.10. The lowest BCUT2D eigenvalue weighted by Crippen LogP contribution is -2.27. The molecule has 2 amide bonds. The Balaban J connectivity index is 1.66. The summed E-state index contributed by atoms with van der Waals surface area (Å²) in [6.07, 6.45) is 3.16. The van der Waals surface area contributed by atoms with Crippen molar-refractivity contribution < 1.29 is 14.3 Å². The second-order valence-electron chi connectivity index (χ2n) is 6.12. The third-order valence-electron chi connectivity index (χ3n) is 4.42. The number of hydrogen-bond acceptors (Lipinski definition) is 3. The molecule has 1 aliphatic rings. The Labute approximate surface area is 146 Å². The Bertz CT molecular complexity index is 854. The molecule has 3 N–H and O–H groups in total. The average Bonchev–Trinajstić information content (AvgIpc) is 3.00. The van der Waals surface area contributed by atoms with E-state index >= 15 is 0 Å². The molecule has 2 aromatic carbocycles. The molecule has 0 saturated carbocycles. The number of ether oxygens (including phenoxy) is 1. The molecule has 2 aromatic rings. The number of aryl methyl sites for hydroxylation is 1. The van der Waals surface area contributed by atoms with Crippen LogP contribution in [0.15, 0.2) is 42.5 Å². The van der Waals surface area contributed by atoms with Gasteiger partial charge in [-0.2, -0.15) is 0 Å². The van der Waals surface area contributed by atoms with E-state index in [-0.39, 0.29) is 11.9 Å². The number of rotatable bonds is 4. The van der Waals surface area contributed by atoms with Crippen LogP contribution in [0.4, 0.5) is 0 Å². The van der Waals surface area contributed by atoms with Crippen LogP contribution in [0.25, 0.3) is 6.08 Å². The van der Waals surface area contributed by atoms with Crippen LogP contribution < -0.4 is 15.8 Å². The van der Waals surface area contributed by atoms with Crippen LogP contribution in [-0.2, 0) is 4.79 Å². The largest absolute Gasteiger partial charge is 0.490 e. The molecule has 5 nitrogen and oxygen atoms in total. The summed E-state index contributed by atoms with van der Waals surface area (Å²) in [6, 6.07) is 10.6. The van der Waals surface area contributed by atoms with Gasteiger partial charge in [0.2, 0.25) is 11.8 Å². The van der Waals surface area contributed by atoms with Crippen molar-refractivity contribution >= 4 is 17.9 Å². The minimum absolute atomic E-state index is 0.149. The number of hydrogen-bond donors (Lipinski definition) is 2. The van der Waals surface area contributed by atoms with E-state index in [4.69, 9.17) is 10.5 Å². The van der Waals surface area contributed by atoms with Crippen molar-refractivity contribution in [3.05, 3.63) is 70.3 Å². The van der Waals surface area contributed by atoms with Gasteiger partial charge in [0.05, 0.1) is 6.04 Å². The fraction of sp³-hybridized carbons (Fsp3) is 0.200. The third-order valence-corrected chi connectivity index (χ3v) is 4.42. The van der Waals surface area contributed by atoms with Crippen LogP contribution >= 0.6 is 0 Å². The zero-order chi connectivity index (χ0) is 18.0. The zero-order valence-corrected chi connectivity index (χ0v) is 14.2. The van der Waals surface area contributed by atoms with Crippen molar-refractivity contribution in [1.82, 2.24) is 5.32 Å². The Morgan fingerprint density at radius 2 is 1.88 bits per heavy atom. The molecule has 5 heteroatoms. The van der Waals surface area contributed by atoms with Crippen LogP contribution in [0.3, 0.4) is 0 Å². The molecule has 25 heavy (non-hydrogen) atoms. The number of fused-ring (bicyclic) bond motifs is 1. The Hall–Kier alpha value is -3.08. The van der Waals surface area contributed by atoms with Crippen molar-refractivity contribution in [3.8, 4) is 5.75 Å². The number of primary amides is 1. The van der Waals surface area contributed by atoms with Crippen LogP contribution in [0.5, 0.6) is 5.75 Å². The van der Waals surface area contributed by atoms with Crippen LogP contribution in [0.1, 0.15) is 38.7 Å². The topological polar surface area (TPSA) is 81.4 Å². The zero-order valence-electron chi connectivity index (χ0n) is 14.2. The number of nitrogens with two attached hydrogens (primary N) is 1. The molecule has 128 valence electrons. The predicted molar refractivity (Wildman–Crippen MR) is 96.3 cm³/mol. The summed E-state index contributed by atoms with van der Waals surface area (Å²) in [5, 5.41) is 2.96. The highest BCUT2D eigenvalue weighted by atomic mass is 16.5. The van der Waals surface area contributed by atoms with Gasteiger partial charge in [-0.1, -0.05) is 24.3 Å². The number of carbonyl (C=O) groups is 2. The van der Waals surface area contributed by atoms with Crippen molar-refractivity contribution in [3.63, 3.8) is 0 Å². The molecule has 1 atom stereocenters. The van der Waals surface area contributed by atoms with Gasteiger partial charge in [0.25, 0.3) is 0 Å². The SMILES string of the molecule is Cc1ccc2c(c1C)OCC2NC(=O)C=Cc1ccc(C(N)=O)cc1. The van der Waals surface area contributed by atoms with Crippen LogP contribution in [-0.4, -0.2) is 18.4 Å². The second kappa shape index (κ2) is 6.81. The summed E-state index contributed by atoms with van der Waals surface area (Å²) in [5.41, 5.74) is 9.75. The Morgan fingerprint density at radius 3 is 2.56 bits per heavy atom. The van der Waals surface area contributed by atoms with Crippen molar-refractivity contribution in [1.29, 1.82) is 0 Å². The quantitative estimate of drug-likeness (QED) is 0.842. The second-order valence-corrected chi connectivity index (χ2v) is 6.12. The molecular weight excluding hydrogens is 316 g/mol. The summed E-state index contributed by atoms with van der Waals surface area (Å²) in [6.45, 7) is 4.50. The maximum atomic E-state index is 12.2. The number of nitrogens with one attached hydrogen (secondary N) is 1. The molecule has 1 unspecified atom stereocenters. The van der Waals surface area contributed by atoms with E-state index in [2.05, 4.69) is 5.32 Å². The fourth-order valence-corrected chi connectivity index (χ4v) is 2.80. The van der Waals surface area contributed by atoms with Crippen LogP contribution in [0, 0.1) is 13.8 Å². The standard InChI is InChI=1S/C20H20N2O3/c1-12-3-9-16-17(11-25-19(16)13(12)2)22-18(23)10-6-14-4-7-15(8-5-14)20(21)24/h3-10,17H,11H2,1-2H3,(H2,21,24)(H,22,23). The first-order valence-electron chi connectivity index (χ1n) is 8.07. The predicted octanol–water partition coefficient (Wildman–Crippen LogP) is 2.67. The van der Waals surface area contributed by atoms with E-state index in [1.165, 1.54) is 11.6 Å². The summed E-state index contributed by atoms with van der Waals surface area (Å²) in [4.78, 5) is 23.2. The summed E-state index contributed by atoms with van der Waals surface area (Å²) in [7, 11) is 0. The van der Waals surface area contributed by atoms with E-state index in [9.17, 15) is 9.59 Å². The maximum Gasteiger partial charge on any atom is 0.248 e. The summed E-state index contributed by atoms with van der Waals surface area (Å²) in [5.74, 6) is 0.202. The van der Waals surface area contributed by atoms with E-state index in [1.54, 1.807) is 30.3 Å². The van der Waals surface area contributed by atoms with Gasteiger partial charge in [-0.15, -0.1) is 0 Å². The molecule has 3 rings (SSSR count). The molecule has 0 saturated heterocycles. The van der Waals surface area contributed by atoms with Gasteiger partial charge in [0.15, 0.2) is 0 Å². The summed E-state index contributed by atoms with van der Waals surface area (Å²) >= 11 is 0. The van der Waals surface area contributed by atoms with E-state index in [0.717, 1.165) is 22.4 Å². The normalized spacial score (nSPS) is 15.7. The highest BCUT2D eigenvalue weighted by molar-refractivity contribution is 5.94. The van der Waals surface area contributed by atoms with Crippen molar-refractivity contribution in [2.75, 3.05) is 6.61 Å². The van der Waals surface area contributed by atoms with E-state index in [0.29, 0.717) is 12.2 Å². The molecule has 0 aliphatic carbocycles. The van der Waals surface area contributed by atoms with Gasteiger partial charge < -0.3 is 15.8 Å². The summed E-state index contributed by atoms with van der Waals surface area (Å²) < 4.78 is 5.74. The molecule has 1 heterocycles. The highest BCUT2D eigenvalue weighted by Gasteiger charge is 2.26. The van der Waals surface area contributed by atoms with Crippen molar-refractivity contribution in [2.24, 2.45) is 5.73 Å². The monoisotopic (exact) mass is 336 g/mol. The van der Waals surface area contributed by atoms with Gasteiger partial charge >= 0.3 is 0 Å². The smallest absolute Gasteiger partial charge is 0.248 e. The van der Waals surface area contributed by atoms with E-state index < -0.39 is 5.91 Å². The Morgan fingerprint density at radius 1 is 1.16 bits per heavy atom. The molecule has 0 bridgehead atoms. The minimum Gasteiger partial charge on any atom is -0.490 e. The third kappa shape index (κ3) is 3.55. The van der Waals surface area contributed by atoms with Gasteiger partial charge in [0, 0.05) is 17.2 Å². The fourth-order valence-electron chi connectivity index (χ4n) is 2.80. The molecule has 1 aliphatic heterocycles. The number of benzene rings is 2. The molecular formula is C20H20N2O3. The lowest BCUT2D eigenvalue weighted by molar-refractivity contribution is -0.117. The van der Waals surface area contributed by atoms with Gasteiger partial charge in [-0.3, -0.25) is 9.59 Å². The number of amides is 2. The average molecular weight is 336 g/mol. The van der Waals surface area contributed by atoms with Gasteiger partial charge in [-0.05, 0) is 48.7 Å². The first kappa shape index (κ1) is 16.8.